The van der Waals surface area contributed by atoms with E-state index in [1.54, 1.807) is 7.11 Å². The van der Waals surface area contributed by atoms with Crippen molar-refractivity contribution in [1.29, 1.82) is 0 Å². The van der Waals surface area contributed by atoms with Crippen LogP contribution in [-0.4, -0.2) is 46.0 Å². The maximum Gasteiger partial charge on any atom is 0.0701 e. The van der Waals surface area contributed by atoms with Crippen LogP contribution in [0.25, 0.3) is 0 Å². The fourth-order valence-electron chi connectivity index (χ4n) is 1.29. The Kier molecular flexibility index (Phi) is 11.8. The van der Waals surface area contributed by atoms with Crippen LogP contribution in [0.1, 0.15) is 20.3 Å². The largest absolute Gasteiger partial charge is 0.382 e. The minimum atomic E-state index is 0.552. The summed E-state index contributed by atoms with van der Waals surface area (Å²) in [4.78, 5) is 0. The molecule has 1 atom stereocenters. The minimum absolute atomic E-state index is 0.552. The van der Waals surface area contributed by atoms with E-state index in [1.165, 1.54) is 0 Å². The SMILES string of the molecule is COCCOCCOCCC(CCl)C(C)C. The zero-order chi connectivity index (χ0) is 12.2. The first-order valence-electron chi connectivity index (χ1n) is 5.92. The lowest BCUT2D eigenvalue weighted by atomic mass is 9.95. The summed E-state index contributed by atoms with van der Waals surface area (Å²) >= 11 is 5.87. The first-order valence-corrected chi connectivity index (χ1v) is 6.46. The van der Waals surface area contributed by atoms with Gasteiger partial charge in [0.2, 0.25) is 0 Å². The van der Waals surface area contributed by atoms with E-state index in [0.29, 0.717) is 44.1 Å². The van der Waals surface area contributed by atoms with Gasteiger partial charge in [0.1, 0.15) is 0 Å². The van der Waals surface area contributed by atoms with E-state index < -0.39 is 0 Å². The molecular formula is C12H25ClO3. The molecule has 0 radical (unpaired) electrons. The lowest BCUT2D eigenvalue weighted by Crippen LogP contribution is -2.15. The van der Waals surface area contributed by atoms with Gasteiger partial charge in [-0.3, -0.25) is 0 Å². The molecule has 0 N–H and O–H groups in total. The molecule has 1 unspecified atom stereocenters. The zero-order valence-corrected chi connectivity index (χ0v) is 11.5. The molecule has 3 nitrogen and oxygen atoms in total. The number of methoxy groups -OCH3 is 1. The maximum atomic E-state index is 5.87. The van der Waals surface area contributed by atoms with E-state index >= 15 is 0 Å². The molecule has 0 aromatic carbocycles. The second kappa shape index (κ2) is 11.6. The summed E-state index contributed by atoms with van der Waals surface area (Å²) in [7, 11) is 1.66. The van der Waals surface area contributed by atoms with E-state index in [4.69, 9.17) is 25.8 Å². The van der Waals surface area contributed by atoms with Gasteiger partial charge in [-0.2, -0.15) is 0 Å². The summed E-state index contributed by atoms with van der Waals surface area (Å²) in [6.45, 7) is 7.72. The van der Waals surface area contributed by atoms with Crippen LogP contribution in [0.5, 0.6) is 0 Å². The van der Waals surface area contributed by atoms with Crippen LogP contribution in [0, 0.1) is 11.8 Å². The smallest absolute Gasteiger partial charge is 0.0701 e. The van der Waals surface area contributed by atoms with E-state index in [0.717, 1.165) is 13.0 Å². The van der Waals surface area contributed by atoms with E-state index in [2.05, 4.69) is 13.8 Å². The fourth-order valence-corrected chi connectivity index (χ4v) is 1.80. The van der Waals surface area contributed by atoms with Gasteiger partial charge in [0.15, 0.2) is 0 Å². The van der Waals surface area contributed by atoms with Crippen molar-refractivity contribution in [2.24, 2.45) is 11.8 Å². The Hall–Kier alpha value is 0.170. The third-order valence-electron chi connectivity index (χ3n) is 2.58. The van der Waals surface area contributed by atoms with Crippen molar-refractivity contribution in [3.63, 3.8) is 0 Å². The van der Waals surface area contributed by atoms with Crippen molar-refractivity contribution in [1.82, 2.24) is 0 Å². The molecule has 0 saturated carbocycles. The van der Waals surface area contributed by atoms with Crippen molar-refractivity contribution < 1.29 is 14.2 Å². The van der Waals surface area contributed by atoms with Crippen LogP contribution in [0.15, 0.2) is 0 Å². The summed E-state index contributed by atoms with van der Waals surface area (Å²) in [5.41, 5.74) is 0. The molecule has 16 heavy (non-hydrogen) atoms. The van der Waals surface area contributed by atoms with E-state index in [1.807, 2.05) is 0 Å². The Balaban J connectivity index is 3.19. The van der Waals surface area contributed by atoms with Gasteiger partial charge in [-0.1, -0.05) is 13.8 Å². The third kappa shape index (κ3) is 9.40. The molecule has 0 amide bonds. The first kappa shape index (κ1) is 16.2. The van der Waals surface area contributed by atoms with Gasteiger partial charge < -0.3 is 14.2 Å². The second-order valence-electron chi connectivity index (χ2n) is 4.16. The standard InChI is InChI=1S/C12H25ClO3/c1-11(2)12(10-13)4-5-15-8-9-16-7-6-14-3/h11-12H,4-10H2,1-3H3. The zero-order valence-electron chi connectivity index (χ0n) is 10.7. The van der Waals surface area contributed by atoms with Crippen molar-refractivity contribution in [2.45, 2.75) is 20.3 Å². The minimum Gasteiger partial charge on any atom is -0.382 e. The van der Waals surface area contributed by atoms with Crippen molar-refractivity contribution in [3.8, 4) is 0 Å². The van der Waals surface area contributed by atoms with Gasteiger partial charge in [-0.15, -0.1) is 11.6 Å². The molecule has 0 fully saturated rings. The quantitative estimate of drug-likeness (QED) is 0.418. The number of halogens is 1. The van der Waals surface area contributed by atoms with Crippen molar-refractivity contribution >= 4 is 11.6 Å². The van der Waals surface area contributed by atoms with Gasteiger partial charge >= 0.3 is 0 Å². The lowest BCUT2D eigenvalue weighted by Gasteiger charge is -2.17. The van der Waals surface area contributed by atoms with Gasteiger partial charge in [-0.25, -0.2) is 0 Å². The Bertz CT molecular complexity index is 142. The molecule has 0 heterocycles. The van der Waals surface area contributed by atoms with Crippen LogP contribution in [0.3, 0.4) is 0 Å². The van der Waals surface area contributed by atoms with E-state index in [9.17, 15) is 0 Å². The molecule has 0 aromatic rings. The lowest BCUT2D eigenvalue weighted by molar-refractivity contribution is 0.0213. The Morgan fingerprint density at radius 1 is 0.938 bits per heavy atom. The monoisotopic (exact) mass is 252 g/mol. The topological polar surface area (TPSA) is 27.7 Å². The summed E-state index contributed by atoms with van der Waals surface area (Å²) in [6.07, 6.45) is 1.03. The molecule has 0 bridgehead atoms. The molecule has 0 aliphatic carbocycles. The van der Waals surface area contributed by atoms with Crippen LogP contribution in [0.2, 0.25) is 0 Å². The maximum absolute atomic E-state index is 5.87. The van der Waals surface area contributed by atoms with E-state index in [-0.39, 0.29) is 0 Å². The van der Waals surface area contributed by atoms with Crippen molar-refractivity contribution in [2.75, 3.05) is 46.0 Å². The molecule has 0 aliphatic heterocycles. The number of hydrogen-bond donors (Lipinski definition) is 0. The number of hydrogen-bond acceptors (Lipinski definition) is 3. The predicted octanol–water partition coefficient (Wildman–Crippen LogP) is 2.57. The molecule has 0 rings (SSSR count). The predicted molar refractivity (Wildman–Crippen MR) is 67.2 cm³/mol. The fraction of sp³-hybridized carbons (Fsp3) is 1.00. The Labute approximate surface area is 104 Å². The van der Waals surface area contributed by atoms with Gasteiger partial charge in [0.25, 0.3) is 0 Å². The second-order valence-corrected chi connectivity index (χ2v) is 4.47. The first-order chi connectivity index (χ1) is 7.72. The van der Waals surface area contributed by atoms with Crippen LogP contribution < -0.4 is 0 Å². The highest BCUT2D eigenvalue weighted by Crippen LogP contribution is 2.16. The highest BCUT2D eigenvalue weighted by molar-refractivity contribution is 6.18. The van der Waals surface area contributed by atoms with Crippen molar-refractivity contribution in [3.05, 3.63) is 0 Å². The molecule has 0 spiro atoms. The summed E-state index contributed by atoms with van der Waals surface area (Å²) in [6, 6.07) is 0. The highest BCUT2D eigenvalue weighted by atomic mass is 35.5. The molecule has 98 valence electrons. The van der Waals surface area contributed by atoms with Gasteiger partial charge in [-0.05, 0) is 18.3 Å². The molecule has 0 saturated heterocycles. The molecule has 0 aromatic heterocycles. The Morgan fingerprint density at radius 3 is 2.00 bits per heavy atom. The van der Waals surface area contributed by atoms with Crippen LogP contribution in [-0.2, 0) is 14.2 Å². The highest BCUT2D eigenvalue weighted by Gasteiger charge is 2.11. The summed E-state index contributed by atoms with van der Waals surface area (Å²) in [5, 5.41) is 0. The normalized spacial score (nSPS) is 13.3. The van der Waals surface area contributed by atoms with Gasteiger partial charge in [0.05, 0.1) is 26.4 Å². The number of ether oxygens (including phenoxy) is 3. The number of alkyl halides is 1. The summed E-state index contributed by atoms with van der Waals surface area (Å²) in [5.74, 6) is 1.89. The molecule has 0 aliphatic rings. The molecule has 4 heteroatoms. The molecular weight excluding hydrogens is 228 g/mol. The number of rotatable bonds is 11. The average Bonchev–Trinajstić information content (AvgIpc) is 2.26. The van der Waals surface area contributed by atoms with Crippen LogP contribution >= 0.6 is 11.6 Å². The van der Waals surface area contributed by atoms with Crippen LogP contribution in [0.4, 0.5) is 0 Å². The third-order valence-corrected chi connectivity index (χ3v) is 2.97. The van der Waals surface area contributed by atoms with Gasteiger partial charge in [0, 0.05) is 19.6 Å². The summed E-state index contributed by atoms with van der Waals surface area (Å²) < 4.78 is 15.6. The Morgan fingerprint density at radius 2 is 1.50 bits per heavy atom. The average molecular weight is 253 g/mol.